The third-order valence-electron chi connectivity index (χ3n) is 1.11. The molecule has 4 heteroatoms. The molecule has 0 amide bonds. The number of benzene rings is 1. The van der Waals surface area contributed by atoms with Crippen LogP contribution in [0.3, 0.4) is 0 Å². The highest BCUT2D eigenvalue weighted by Gasteiger charge is 1.90. The van der Waals surface area contributed by atoms with Crippen molar-refractivity contribution in [2.24, 2.45) is 5.90 Å². The van der Waals surface area contributed by atoms with E-state index in [-0.39, 0.29) is 5.75 Å². The van der Waals surface area contributed by atoms with Gasteiger partial charge in [-0.3, -0.25) is 0 Å². The summed E-state index contributed by atoms with van der Waals surface area (Å²) in [6, 6.07) is 6.69. The maximum atomic E-state index is 8.94. The summed E-state index contributed by atoms with van der Waals surface area (Å²) in [6.45, 7) is 0. The lowest BCUT2D eigenvalue weighted by molar-refractivity contribution is 0.292. The minimum Gasteiger partial charge on any atom is -0.508 e. The number of nitrogens with two attached hydrogens (primary N) is 1. The first-order valence-electron chi connectivity index (χ1n) is 3.14. The van der Waals surface area contributed by atoms with E-state index in [0.717, 1.165) is 4.90 Å². The molecule has 0 radical (unpaired) electrons. The fraction of sp³-hybridized carbons (Fsp3) is 0. The van der Waals surface area contributed by atoms with Crippen molar-refractivity contribution in [3.63, 3.8) is 0 Å². The van der Waals surface area contributed by atoms with E-state index in [2.05, 4.69) is 22.1 Å². The first-order chi connectivity index (χ1) is 5.83. The van der Waals surface area contributed by atoms with Gasteiger partial charge in [0.05, 0.1) is 0 Å². The summed E-state index contributed by atoms with van der Waals surface area (Å²) < 4.78 is 0. The van der Waals surface area contributed by atoms with Crippen molar-refractivity contribution in [2.75, 3.05) is 0 Å². The number of phenols is 1. The second kappa shape index (κ2) is 4.54. The van der Waals surface area contributed by atoms with Crippen molar-refractivity contribution in [3.8, 4) is 17.1 Å². The quantitative estimate of drug-likeness (QED) is 0.389. The molecule has 3 N–H and O–H groups in total. The molecule has 0 saturated carbocycles. The van der Waals surface area contributed by atoms with Crippen molar-refractivity contribution in [2.45, 2.75) is 4.90 Å². The predicted octanol–water partition coefficient (Wildman–Crippen LogP) is 1.29. The molecule has 3 nitrogen and oxygen atoms in total. The minimum atomic E-state index is 0.238. The normalized spacial score (nSPS) is 8.42. The van der Waals surface area contributed by atoms with Crippen LogP contribution in [0.2, 0.25) is 0 Å². The molecule has 0 aliphatic carbocycles. The molecule has 0 bridgehead atoms. The molecule has 0 heterocycles. The van der Waals surface area contributed by atoms with Gasteiger partial charge in [0.2, 0.25) is 0 Å². The molecule has 62 valence electrons. The number of rotatable bonds is 1. The average molecular weight is 181 g/mol. The molecule has 1 rings (SSSR count). The van der Waals surface area contributed by atoms with E-state index in [4.69, 9.17) is 5.11 Å². The lowest BCUT2D eigenvalue weighted by Crippen LogP contribution is -1.87. The third kappa shape index (κ3) is 2.74. The molecule has 0 spiro atoms. The van der Waals surface area contributed by atoms with Crippen LogP contribution in [0.5, 0.6) is 5.75 Å². The Bertz CT molecular complexity index is 299. The molecule has 12 heavy (non-hydrogen) atoms. The van der Waals surface area contributed by atoms with Crippen molar-refractivity contribution >= 4 is 11.8 Å². The molecule has 0 atom stereocenters. The van der Waals surface area contributed by atoms with Crippen LogP contribution in [0.25, 0.3) is 0 Å². The summed E-state index contributed by atoms with van der Waals surface area (Å²) >= 11 is 1.28. The average Bonchev–Trinajstić information content (AvgIpc) is 2.09. The largest absolute Gasteiger partial charge is 0.508 e. The first-order valence-corrected chi connectivity index (χ1v) is 3.96. The Morgan fingerprint density at radius 2 is 2.00 bits per heavy atom. The van der Waals surface area contributed by atoms with Gasteiger partial charge in [-0.15, -0.1) is 0 Å². The summed E-state index contributed by atoms with van der Waals surface area (Å²) in [6.07, 6.45) is 2.24. The van der Waals surface area contributed by atoms with Crippen LogP contribution in [-0.4, -0.2) is 5.11 Å². The summed E-state index contributed by atoms with van der Waals surface area (Å²) in [5, 5.41) is 11.5. The highest BCUT2D eigenvalue weighted by molar-refractivity contribution is 8.03. The second-order valence-electron chi connectivity index (χ2n) is 1.92. The van der Waals surface area contributed by atoms with E-state index in [0.29, 0.717) is 0 Å². The highest BCUT2D eigenvalue weighted by Crippen LogP contribution is 2.19. The Morgan fingerprint density at radius 3 is 2.58 bits per heavy atom. The molecular formula is C8H7NO2S. The van der Waals surface area contributed by atoms with Crippen molar-refractivity contribution in [1.29, 1.82) is 0 Å². The van der Waals surface area contributed by atoms with Crippen molar-refractivity contribution in [1.82, 2.24) is 0 Å². The Hall–Kier alpha value is -1.31. The number of aromatic hydroxyl groups is 1. The SMILES string of the molecule is NOC#CSc1ccc(O)cc1. The van der Waals surface area contributed by atoms with Crippen LogP contribution in [-0.2, 0) is 4.84 Å². The maximum Gasteiger partial charge on any atom is 0.149 e. The smallest absolute Gasteiger partial charge is 0.149 e. The number of hydrogen-bond donors (Lipinski definition) is 2. The van der Waals surface area contributed by atoms with Crippen LogP contribution < -0.4 is 5.90 Å². The van der Waals surface area contributed by atoms with Gasteiger partial charge in [-0.05, 0) is 36.0 Å². The minimum absolute atomic E-state index is 0.238. The molecule has 0 aromatic heterocycles. The van der Waals surface area contributed by atoms with Gasteiger partial charge in [-0.25, -0.2) is 0 Å². The lowest BCUT2D eigenvalue weighted by Gasteiger charge is -1.92. The predicted molar refractivity (Wildman–Crippen MR) is 47.0 cm³/mol. The van der Waals surface area contributed by atoms with Crippen LogP contribution in [0.1, 0.15) is 0 Å². The Morgan fingerprint density at radius 1 is 1.33 bits per heavy atom. The van der Waals surface area contributed by atoms with Crippen LogP contribution >= 0.6 is 11.8 Å². The second-order valence-corrected chi connectivity index (χ2v) is 2.80. The molecule has 1 aromatic rings. The van der Waals surface area contributed by atoms with Gasteiger partial charge in [0.1, 0.15) is 11.9 Å². The van der Waals surface area contributed by atoms with Gasteiger partial charge < -0.3 is 9.94 Å². The topological polar surface area (TPSA) is 55.5 Å². The first kappa shape index (κ1) is 8.78. The van der Waals surface area contributed by atoms with Gasteiger partial charge >= 0.3 is 0 Å². The Kier molecular flexibility index (Phi) is 3.33. The molecular weight excluding hydrogens is 174 g/mol. The van der Waals surface area contributed by atoms with Crippen LogP contribution in [0.4, 0.5) is 0 Å². The molecule has 0 aliphatic heterocycles. The lowest BCUT2D eigenvalue weighted by atomic mass is 10.3. The Balaban J connectivity index is 2.59. The summed E-state index contributed by atoms with van der Waals surface area (Å²) in [7, 11) is 0. The van der Waals surface area contributed by atoms with Gasteiger partial charge in [0.15, 0.2) is 0 Å². The monoisotopic (exact) mass is 181 g/mol. The maximum absolute atomic E-state index is 8.94. The summed E-state index contributed by atoms with van der Waals surface area (Å²) in [4.78, 5) is 4.98. The molecule has 1 aromatic carbocycles. The Labute approximate surface area is 74.5 Å². The van der Waals surface area contributed by atoms with Gasteiger partial charge in [-0.1, -0.05) is 0 Å². The zero-order valence-corrected chi connectivity index (χ0v) is 6.97. The molecule has 0 saturated heterocycles. The summed E-state index contributed by atoms with van der Waals surface area (Å²) in [5.41, 5.74) is 0. The zero-order valence-electron chi connectivity index (χ0n) is 6.15. The van der Waals surface area contributed by atoms with E-state index < -0.39 is 0 Å². The molecule has 0 unspecified atom stereocenters. The highest BCUT2D eigenvalue weighted by atomic mass is 32.2. The van der Waals surface area contributed by atoms with E-state index in [1.165, 1.54) is 11.8 Å². The van der Waals surface area contributed by atoms with Crippen molar-refractivity contribution in [3.05, 3.63) is 24.3 Å². The van der Waals surface area contributed by atoms with E-state index in [1.807, 2.05) is 0 Å². The third-order valence-corrected chi connectivity index (χ3v) is 1.80. The van der Waals surface area contributed by atoms with Crippen LogP contribution in [0.15, 0.2) is 29.2 Å². The van der Waals surface area contributed by atoms with E-state index in [1.54, 1.807) is 24.3 Å². The van der Waals surface area contributed by atoms with Gasteiger partial charge in [-0.2, -0.15) is 5.90 Å². The molecule has 0 aliphatic rings. The fourth-order valence-electron chi connectivity index (χ4n) is 0.618. The number of hydrogen-bond acceptors (Lipinski definition) is 4. The van der Waals surface area contributed by atoms with Crippen LogP contribution in [0, 0.1) is 11.4 Å². The number of thioether (sulfide) groups is 1. The standard InChI is InChI=1S/C8H7NO2S/c9-11-5-6-12-8-3-1-7(10)2-4-8/h1-4,10H,9H2. The fourth-order valence-corrected chi connectivity index (χ4v) is 1.10. The number of phenolic OH excluding ortho intramolecular Hbond substituents is 1. The summed E-state index contributed by atoms with van der Waals surface area (Å²) in [5.74, 6) is 4.93. The van der Waals surface area contributed by atoms with Gasteiger partial charge in [0.25, 0.3) is 0 Å². The zero-order chi connectivity index (χ0) is 8.81. The van der Waals surface area contributed by atoms with E-state index in [9.17, 15) is 0 Å². The van der Waals surface area contributed by atoms with E-state index >= 15 is 0 Å². The van der Waals surface area contributed by atoms with Gasteiger partial charge in [0, 0.05) is 10.1 Å². The van der Waals surface area contributed by atoms with Crippen molar-refractivity contribution < 1.29 is 9.94 Å². The molecule has 0 fully saturated rings.